The average Bonchev–Trinajstić information content (AvgIpc) is 3.21. The molecule has 0 radical (unpaired) electrons. The third-order valence-corrected chi connectivity index (χ3v) is 9.90. The molecule has 6 aromatic rings. The van der Waals surface area contributed by atoms with Gasteiger partial charge in [-0.2, -0.15) is 0 Å². The molecule has 6 aromatic carbocycles. The Labute approximate surface area is 255 Å². The summed E-state index contributed by atoms with van der Waals surface area (Å²) in [6.45, 7) is 4.63. The second kappa shape index (κ2) is 9.13. The SMILES string of the molecule is CC1(C)c2ccccc2-c2ccc(-c3ccccc3C3(O)c4ccccc4-c4ccccc4-c4ccc(Br)cc43)cc21. The fraction of sp³-hybridized carbons (Fsp3) is 0.100. The summed E-state index contributed by atoms with van der Waals surface area (Å²) >= 11 is 3.73. The maximum atomic E-state index is 13.4. The molecule has 2 aliphatic rings. The van der Waals surface area contributed by atoms with Crippen molar-refractivity contribution in [3.63, 3.8) is 0 Å². The first-order chi connectivity index (χ1) is 20.4. The lowest BCUT2D eigenvalue weighted by atomic mass is 9.74. The smallest absolute Gasteiger partial charge is 0.142 e. The quantitative estimate of drug-likeness (QED) is 0.208. The minimum atomic E-state index is -1.40. The molecule has 42 heavy (non-hydrogen) atoms. The Hall–Kier alpha value is -4.24. The van der Waals surface area contributed by atoms with Crippen LogP contribution in [-0.2, 0) is 11.0 Å². The van der Waals surface area contributed by atoms with Crippen molar-refractivity contribution in [3.8, 4) is 44.5 Å². The van der Waals surface area contributed by atoms with E-state index in [1.54, 1.807) is 0 Å². The Balaban J connectivity index is 1.42. The highest BCUT2D eigenvalue weighted by molar-refractivity contribution is 9.10. The molecule has 0 heterocycles. The molecule has 0 bridgehead atoms. The summed E-state index contributed by atoms with van der Waals surface area (Å²) in [7, 11) is 0. The van der Waals surface area contributed by atoms with Gasteiger partial charge in [-0.15, -0.1) is 0 Å². The molecular weight excluding hydrogens is 576 g/mol. The first kappa shape index (κ1) is 25.5. The molecule has 1 nitrogen and oxygen atoms in total. The van der Waals surface area contributed by atoms with E-state index in [0.717, 1.165) is 54.5 Å². The molecule has 0 saturated carbocycles. The van der Waals surface area contributed by atoms with Crippen molar-refractivity contribution in [3.05, 3.63) is 166 Å². The Bertz CT molecular complexity index is 2050. The summed E-state index contributed by atoms with van der Waals surface area (Å²) in [4.78, 5) is 0. The Morgan fingerprint density at radius 1 is 0.429 bits per heavy atom. The van der Waals surface area contributed by atoms with Gasteiger partial charge in [-0.25, -0.2) is 0 Å². The lowest BCUT2D eigenvalue weighted by Crippen LogP contribution is -2.30. The molecule has 8 rings (SSSR count). The van der Waals surface area contributed by atoms with Gasteiger partial charge < -0.3 is 5.11 Å². The highest BCUT2D eigenvalue weighted by Crippen LogP contribution is 2.54. The van der Waals surface area contributed by atoms with Crippen molar-refractivity contribution in [2.75, 3.05) is 0 Å². The zero-order valence-corrected chi connectivity index (χ0v) is 25.1. The third kappa shape index (κ3) is 3.46. The zero-order valence-electron chi connectivity index (χ0n) is 23.5. The second-order valence-electron chi connectivity index (χ2n) is 12.0. The molecule has 1 unspecified atom stereocenters. The van der Waals surface area contributed by atoms with Crippen LogP contribution in [0.3, 0.4) is 0 Å². The van der Waals surface area contributed by atoms with E-state index in [2.05, 4.69) is 151 Å². The molecule has 0 spiro atoms. The second-order valence-corrected chi connectivity index (χ2v) is 12.9. The summed E-state index contributed by atoms with van der Waals surface area (Å²) in [5, 5.41) is 13.4. The van der Waals surface area contributed by atoms with Gasteiger partial charge in [0.1, 0.15) is 5.60 Å². The average molecular weight is 606 g/mol. The summed E-state index contributed by atoms with van der Waals surface area (Å²) in [6, 6.07) is 47.0. The summed E-state index contributed by atoms with van der Waals surface area (Å²) < 4.78 is 0.936. The van der Waals surface area contributed by atoms with E-state index in [-0.39, 0.29) is 5.41 Å². The van der Waals surface area contributed by atoms with E-state index in [1.165, 1.54) is 22.3 Å². The molecule has 0 amide bonds. The number of fused-ring (bicyclic) bond motifs is 8. The normalized spacial score (nSPS) is 17.3. The van der Waals surface area contributed by atoms with Crippen molar-refractivity contribution in [2.45, 2.75) is 24.9 Å². The van der Waals surface area contributed by atoms with Crippen molar-refractivity contribution < 1.29 is 5.11 Å². The minimum absolute atomic E-state index is 0.109. The number of benzene rings is 6. The van der Waals surface area contributed by atoms with Gasteiger partial charge in [0.05, 0.1) is 0 Å². The summed E-state index contributed by atoms with van der Waals surface area (Å²) in [6.07, 6.45) is 0. The number of hydrogen-bond donors (Lipinski definition) is 1. The van der Waals surface area contributed by atoms with Gasteiger partial charge in [0, 0.05) is 26.6 Å². The highest BCUT2D eigenvalue weighted by Gasteiger charge is 2.42. The zero-order chi connectivity index (χ0) is 28.6. The fourth-order valence-corrected chi connectivity index (χ4v) is 7.76. The molecule has 0 fully saturated rings. The predicted octanol–water partition coefficient (Wildman–Crippen LogP) is 10.4. The van der Waals surface area contributed by atoms with Crippen LogP contribution in [0.1, 0.15) is 41.7 Å². The van der Waals surface area contributed by atoms with E-state index in [9.17, 15) is 5.11 Å². The third-order valence-electron chi connectivity index (χ3n) is 9.41. The van der Waals surface area contributed by atoms with Crippen molar-refractivity contribution >= 4 is 15.9 Å². The predicted molar refractivity (Wildman–Crippen MR) is 177 cm³/mol. The molecule has 2 heteroatoms. The standard InChI is InChI=1S/C40H29BrO/c1-39(2)34-16-8-6-15-31(34)33-21-19-25(23-37(33)39)27-11-5-9-17-35(27)40(42)36-18-10-7-14-30(36)28-12-3-4-13-29(28)32-22-20-26(41)24-38(32)40/h3-24,42H,1-2H3. The van der Waals surface area contributed by atoms with Crippen LogP contribution in [0, 0.1) is 0 Å². The molecule has 1 atom stereocenters. The first-order valence-electron chi connectivity index (χ1n) is 14.4. The highest BCUT2D eigenvalue weighted by atomic mass is 79.9. The van der Waals surface area contributed by atoms with Crippen molar-refractivity contribution in [1.29, 1.82) is 0 Å². The lowest BCUT2D eigenvalue weighted by molar-refractivity contribution is 0.127. The van der Waals surface area contributed by atoms with Gasteiger partial charge in [0.2, 0.25) is 0 Å². The van der Waals surface area contributed by atoms with E-state index >= 15 is 0 Å². The van der Waals surface area contributed by atoms with Crippen LogP contribution in [0.4, 0.5) is 0 Å². The molecule has 2 aliphatic carbocycles. The van der Waals surface area contributed by atoms with E-state index in [1.807, 2.05) is 12.1 Å². The van der Waals surface area contributed by atoms with Crippen molar-refractivity contribution in [2.24, 2.45) is 0 Å². The van der Waals surface area contributed by atoms with Gasteiger partial charge in [-0.1, -0.05) is 145 Å². The number of hydrogen-bond acceptors (Lipinski definition) is 1. The van der Waals surface area contributed by atoms with Gasteiger partial charge in [-0.05, 0) is 73.8 Å². The summed E-state index contributed by atoms with van der Waals surface area (Å²) in [5.41, 5.74) is 12.9. The maximum absolute atomic E-state index is 13.4. The molecule has 0 aliphatic heterocycles. The largest absolute Gasteiger partial charge is 0.376 e. The maximum Gasteiger partial charge on any atom is 0.142 e. The molecule has 0 aromatic heterocycles. The fourth-order valence-electron chi connectivity index (χ4n) is 7.39. The topological polar surface area (TPSA) is 20.2 Å². The van der Waals surface area contributed by atoms with E-state index in [4.69, 9.17) is 0 Å². The summed E-state index contributed by atoms with van der Waals surface area (Å²) in [5.74, 6) is 0. The molecule has 0 saturated heterocycles. The van der Waals surface area contributed by atoms with Crippen LogP contribution in [0.15, 0.2) is 138 Å². The molecule has 1 N–H and O–H groups in total. The van der Waals surface area contributed by atoms with E-state index < -0.39 is 5.60 Å². The van der Waals surface area contributed by atoms with Gasteiger partial charge in [0.25, 0.3) is 0 Å². The number of halogens is 1. The van der Waals surface area contributed by atoms with Crippen molar-refractivity contribution in [1.82, 2.24) is 0 Å². The van der Waals surface area contributed by atoms with Crippen LogP contribution in [-0.4, -0.2) is 5.11 Å². The van der Waals surface area contributed by atoms with Crippen LogP contribution in [0.2, 0.25) is 0 Å². The Morgan fingerprint density at radius 3 is 1.55 bits per heavy atom. The van der Waals surface area contributed by atoms with Crippen LogP contribution < -0.4 is 0 Å². The number of rotatable bonds is 2. The van der Waals surface area contributed by atoms with Crippen LogP contribution in [0.25, 0.3) is 44.5 Å². The molecule has 202 valence electrons. The Kier molecular flexibility index (Phi) is 5.54. The van der Waals surface area contributed by atoms with Crippen LogP contribution >= 0.6 is 15.9 Å². The molecular formula is C40H29BrO. The first-order valence-corrected chi connectivity index (χ1v) is 15.2. The van der Waals surface area contributed by atoms with E-state index in [0.29, 0.717) is 0 Å². The van der Waals surface area contributed by atoms with Crippen LogP contribution in [0.5, 0.6) is 0 Å². The van der Waals surface area contributed by atoms with Gasteiger partial charge in [-0.3, -0.25) is 0 Å². The number of aliphatic hydroxyl groups is 1. The Morgan fingerprint density at radius 2 is 0.881 bits per heavy atom. The van der Waals surface area contributed by atoms with Gasteiger partial charge in [0.15, 0.2) is 0 Å². The van der Waals surface area contributed by atoms with Gasteiger partial charge >= 0.3 is 0 Å². The minimum Gasteiger partial charge on any atom is -0.376 e. The lowest BCUT2D eigenvalue weighted by Gasteiger charge is -2.34. The monoisotopic (exact) mass is 604 g/mol.